The number of rotatable bonds is 7. The topological polar surface area (TPSA) is 81.4 Å². The first-order chi connectivity index (χ1) is 11.6. The first-order valence-corrected chi connectivity index (χ1v) is 7.93. The number of nitrogens with one attached hydrogen (secondary N) is 1. The Hall–Kier alpha value is -2.82. The minimum absolute atomic E-state index is 0.148. The predicted octanol–water partition coefficient (Wildman–Crippen LogP) is 2.27. The molecule has 0 saturated carbocycles. The van der Waals surface area contributed by atoms with Crippen molar-refractivity contribution < 1.29 is 14.3 Å². The van der Waals surface area contributed by atoms with E-state index in [1.807, 2.05) is 42.5 Å². The Labute approximate surface area is 141 Å². The van der Waals surface area contributed by atoms with Gasteiger partial charge >= 0.3 is 5.97 Å². The molecule has 0 aromatic heterocycles. The first-order valence-electron chi connectivity index (χ1n) is 7.93. The number of hydrogen-bond acceptors (Lipinski definition) is 4. The lowest BCUT2D eigenvalue weighted by Gasteiger charge is -2.16. The normalized spacial score (nSPS) is 11.5. The Kier molecular flexibility index (Phi) is 6.37. The summed E-state index contributed by atoms with van der Waals surface area (Å²) in [7, 11) is 0. The van der Waals surface area contributed by atoms with Crippen LogP contribution in [0.25, 0.3) is 0 Å². The van der Waals surface area contributed by atoms with Gasteiger partial charge in [0, 0.05) is 12.2 Å². The van der Waals surface area contributed by atoms with Gasteiger partial charge in [0.2, 0.25) is 5.91 Å². The molecule has 0 fully saturated rings. The van der Waals surface area contributed by atoms with Crippen LogP contribution >= 0.6 is 0 Å². The quantitative estimate of drug-likeness (QED) is 0.604. The number of hydrogen-bond donors (Lipinski definition) is 2. The van der Waals surface area contributed by atoms with Gasteiger partial charge in [0.25, 0.3) is 0 Å². The average molecular weight is 326 g/mol. The second kappa shape index (κ2) is 8.72. The SMILES string of the molecule is CCOC(=O)C(CNC(=O)Cc1ccc(N)cc1)c1ccccc1. The lowest BCUT2D eigenvalue weighted by atomic mass is 9.99. The van der Waals surface area contributed by atoms with Crippen LogP contribution in [0.4, 0.5) is 5.69 Å². The number of anilines is 1. The summed E-state index contributed by atoms with van der Waals surface area (Å²) in [5, 5.41) is 2.81. The van der Waals surface area contributed by atoms with Crippen molar-refractivity contribution in [3.05, 3.63) is 65.7 Å². The summed E-state index contributed by atoms with van der Waals surface area (Å²) < 4.78 is 5.12. The minimum Gasteiger partial charge on any atom is -0.465 e. The van der Waals surface area contributed by atoms with Crippen molar-refractivity contribution in [2.75, 3.05) is 18.9 Å². The van der Waals surface area contributed by atoms with Gasteiger partial charge < -0.3 is 15.8 Å². The Morgan fingerprint density at radius 2 is 1.75 bits per heavy atom. The summed E-state index contributed by atoms with van der Waals surface area (Å²) in [6, 6.07) is 16.5. The fraction of sp³-hybridized carbons (Fsp3) is 0.263. The smallest absolute Gasteiger partial charge is 0.315 e. The van der Waals surface area contributed by atoms with Gasteiger partial charge in [-0.3, -0.25) is 9.59 Å². The number of nitrogens with two attached hydrogens (primary N) is 1. The maximum atomic E-state index is 12.2. The molecule has 24 heavy (non-hydrogen) atoms. The highest BCUT2D eigenvalue weighted by Gasteiger charge is 2.22. The fourth-order valence-corrected chi connectivity index (χ4v) is 2.36. The summed E-state index contributed by atoms with van der Waals surface area (Å²) in [6.07, 6.45) is 0.241. The highest BCUT2D eigenvalue weighted by atomic mass is 16.5. The van der Waals surface area contributed by atoms with Crippen LogP contribution in [0, 0.1) is 0 Å². The molecule has 2 rings (SSSR count). The number of amides is 1. The van der Waals surface area contributed by atoms with Gasteiger partial charge in [0.05, 0.1) is 18.9 Å². The molecule has 0 spiro atoms. The molecule has 5 heteroatoms. The number of benzene rings is 2. The van der Waals surface area contributed by atoms with Crippen LogP contribution < -0.4 is 11.1 Å². The Morgan fingerprint density at radius 3 is 2.38 bits per heavy atom. The van der Waals surface area contributed by atoms with E-state index in [1.165, 1.54) is 0 Å². The van der Waals surface area contributed by atoms with E-state index < -0.39 is 5.92 Å². The van der Waals surface area contributed by atoms with Gasteiger partial charge in [-0.15, -0.1) is 0 Å². The van der Waals surface area contributed by atoms with Crippen molar-refractivity contribution in [3.8, 4) is 0 Å². The maximum Gasteiger partial charge on any atom is 0.315 e. The monoisotopic (exact) mass is 326 g/mol. The van der Waals surface area contributed by atoms with Gasteiger partial charge in [-0.1, -0.05) is 42.5 Å². The molecule has 5 nitrogen and oxygen atoms in total. The van der Waals surface area contributed by atoms with Crippen LogP contribution in [0.5, 0.6) is 0 Å². The van der Waals surface area contributed by atoms with E-state index in [2.05, 4.69) is 5.32 Å². The summed E-state index contributed by atoms with van der Waals surface area (Å²) in [5.74, 6) is -0.997. The van der Waals surface area contributed by atoms with Gasteiger partial charge in [-0.2, -0.15) is 0 Å². The molecule has 1 atom stereocenters. The number of nitrogen functional groups attached to an aromatic ring is 1. The molecule has 1 amide bonds. The van der Waals surface area contributed by atoms with E-state index in [0.29, 0.717) is 12.3 Å². The van der Waals surface area contributed by atoms with Crippen LogP contribution in [-0.2, 0) is 20.7 Å². The molecular weight excluding hydrogens is 304 g/mol. The number of carbonyl (C=O) groups is 2. The van der Waals surface area contributed by atoms with Crippen molar-refractivity contribution in [3.63, 3.8) is 0 Å². The third-order valence-electron chi connectivity index (χ3n) is 3.62. The third kappa shape index (κ3) is 5.12. The molecule has 0 bridgehead atoms. The molecule has 126 valence electrons. The second-order valence-corrected chi connectivity index (χ2v) is 5.44. The van der Waals surface area contributed by atoms with Crippen molar-refractivity contribution in [1.82, 2.24) is 5.32 Å². The molecule has 0 aliphatic carbocycles. The summed E-state index contributed by atoms with van der Waals surface area (Å²) in [6.45, 7) is 2.28. The van der Waals surface area contributed by atoms with Crippen LogP contribution in [0.1, 0.15) is 24.0 Å². The Morgan fingerprint density at radius 1 is 1.08 bits per heavy atom. The molecule has 0 heterocycles. The van der Waals surface area contributed by atoms with E-state index in [1.54, 1.807) is 19.1 Å². The van der Waals surface area contributed by atoms with Gasteiger partial charge in [-0.05, 0) is 30.2 Å². The van der Waals surface area contributed by atoms with E-state index in [9.17, 15) is 9.59 Å². The Balaban J connectivity index is 1.98. The molecule has 0 aliphatic rings. The van der Waals surface area contributed by atoms with Crippen molar-refractivity contribution in [2.24, 2.45) is 0 Å². The van der Waals surface area contributed by atoms with Gasteiger partial charge in [0.1, 0.15) is 0 Å². The van der Waals surface area contributed by atoms with Crippen molar-refractivity contribution >= 4 is 17.6 Å². The first kappa shape index (κ1) is 17.5. The van der Waals surface area contributed by atoms with Crippen molar-refractivity contribution in [2.45, 2.75) is 19.3 Å². The van der Waals surface area contributed by atoms with E-state index in [4.69, 9.17) is 10.5 Å². The summed E-state index contributed by atoms with van der Waals surface area (Å²) in [4.78, 5) is 24.3. The number of ether oxygens (including phenoxy) is 1. The standard InChI is InChI=1S/C19H22N2O3/c1-2-24-19(23)17(15-6-4-3-5-7-15)13-21-18(22)12-14-8-10-16(20)11-9-14/h3-11,17H,2,12-13,20H2,1H3,(H,21,22). The molecule has 0 saturated heterocycles. The summed E-state index contributed by atoms with van der Waals surface area (Å²) >= 11 is 0. The van der Waals surface area contributed by atoms with Crippen molar-refractivity contribution in [1.29, 1.82) is 0 Å². The number of carbonyl (C=O) groups excluding carboxylic acids is 2. The number of esters is 1. The highest BCUT2D eigenvalue weighted by Crippen LogP contribution is 2.16. The minimum atomic E-state index is -0.512. The lowest BCUT2D eigenvalue weighted by molar-refractivity contribution is -0.144. The summed E-state index contributed by atoms with van der Waals surface area (Å²) in [5.41, 5.74) is 7.98. The van der Waals surface area contributed by atoms with Crippen LogP contribution in [0.3, 0.4) is 0 Å². The van der Waals surface area contributed by atoms with E-state index in [0.717, 1.165) is 11.1 Å². The largest absolute Gasteiger partial charge is 0.465 e. The van der Waals surface area contributed by atoms with Gasteiger partial charge in [-0.25, -0.2) is 0 Å². The molecule has 0 radical (unpaired) electrons. The molecule has 2 aromatic rings. The van der Waals surface area contributed by atoms with Crippen LogP contribution in [-0.4, -0.2) is 25.0 Å². The third-order valence-corrected chi connectivity index (χ3v) is 3.62. The molecule has 0 aliphatic heterocycles. The van der Waals surface area contributed by atoms with Crippen LogP contribution in [0.15, 0.2) is 54.6 Å². The average Bonchev–Trinajstić information content (AvgIpc) is 2.58. The fourth-order valence-electron chi connectivity index (χ4n) is 2.36. The highest BCUT2D eigenvalue weighted by molar-refractivity contribution is 5.82. The zero-order chi connectivity index (χ0) is 17.4. The lowest BCUT2D eigenvalue weighted by Crippen LogP contribution is -2.33. The molecular formula is C19H22N2O3. The Bertz CT molecular complexity index is 669. The second-order valence-electron chi connectivity index (χ2n) is 5.44. The molecule has 3 N–H and O–H groups in total. The molecule has 2 aromatic carbocycles. The van der Waals surface area contributed by atoms with E-state index >= 15 is 0 Å². The molecule has 1 unspecified atom stereocenters. The van der Waals surface area contributed by atoms with Crippen LogP contribution in [0.2, 0.25) is 0 Å². The van der Waals surface area contributed by atoms with Gasteiger partial charge in [0.15, 0.2) is 0 Å². The predicted molar refractivity (Wildman–Crippen MR) is 93.4 cm³/mol. The van der Waals surface area contributed by atoms with E-state index in [-0.39, 0.29) is 24.8 Å². The zero-order valence-corrected chi connectivity index (χ0v) is 13.7. The maximum absolute atomic E-state index is 12.2. The zero-order valence-electron chi connectivity index (χ0n) is 13.7.